The summed E-state index contributed by atoms with van der Waals surface area (Å²) in [5, 5.41) is 5.30. The minimum absolute atomic E-state index is 0.0506. The first-order valence-electron chi connectivity index (χ1n) is 14.2. The standard InChI is InChI=1S/C30H34FN5O5/c1-17-12-35(13-18(2)41-17)21-15-34(16-21)14-19-6-7-20(23(31)10-19)11-32-24-5-3-4-22-27(24)30(40)36(29(22)39)25-8-9-26(37)33-28(25)38/h3-7,10,17-18,21,25,32H,8-9,11-16H2,1-2H3,(H,33,37,38)/t17-,18+,25?. The van der Waals surface area contributed by atoms with Gasteiger partial charge in [0.25, 0.3) is 11.8 Å². The van der Waals surface area contributed by atoms with Crippen LogP contribution in [0, 0.1) is 5.82 Å². The Kier molecular flexibility index (Phi) is 7.35. The van der Waals surface area contributed by atoms with Gasteiger partial charge in [-0.2, -0.15) is 0 Å². The van der Waals surface area contributed by atoms with Crippen molar-refractivity contribution >= 4 is 29.3 Å². The molecule has 6 rings (SSSR count). The van der Waals surface area contributed by atoms with Gasteiger partial charge in [0, 0.05) is 63.0 Å². The quantitative estimate of drug-likeness (QED) is 0.493. The van der Waals surface area contributed by atoms with Gasteiger partial charge in [-0.1, -0.05) is 18.2 Å². The number of nitrogens with zero attached hydrogens (tertiary/aromatic N) is 3. The van der Waals surface area contributed by atoms with Crippen molar-refractivity contribution in [3.8, 4) is 0 Å². The van der Waals surface area contributed by atoms with Gasteiger partial charge < -0.3 is 10.1 Å². The number of rotatable bonds is 7. The second-order valence-corrected chi connectivity index (χ2v) is 11.5. The van der Waals surface area contributed by atoms with E-state index >= 15 is 4.39 Å². The number of halogens is 1. The predicted molar refractivity (Wildman–Crippen MR) is 147 cm³/mol. The molecule has 4 aliphatic heterocycles. The zero-order valence-electron chi connectivity index (χ0n) is 23.2. The van der Waals surface area contributed by atoms with Gasteiger partial charge in [0.15, 0.2) is 0 Å². The third kappa shape index (κ3) is 5.37. The fourth-order valence-corrected chi connectivity index (χ4v) is 6.36. The molecule has 3 fully saturated rings. The van der Waals surface area contributed by atoms with Gasteiger partial charge in [-0.3, -0.25) is 39.2 Å². The molecule has 3 atom stereocenters. The number of ether oxygens (including phenoxy) is 1. The van der Waals surface area contributed by atoms with Gasteiger partial charge in [0.05, 0.1) is 23.3 Å². The molecule has 4 heterocycles. The number of nitrogens with one attached hydrogen (secondary N) is 2. The van der Waals surface area contributed by atoms with Crippen LogP contribution in [0.5, 0.6) is 0 Å². The first-order chi connectivity index (χ1) is 19.7. The summed E-state index contributed by atoms with van der Waals surface area (Å²) in [6, 6.07) is 9.50. The van der Waals surface area contributed by atoms with E-state index in [0.717, 1.165) is 36.6 Å². The first-order valence-corrected chi connectivity index (χ1v) is 14.2. The topological polar surface area (TPSA) is 111 Å². The van der Waals surface area contributed by atoms with Crippen LogP contribution in [0.2, 0.25) is 0 Å². The molecule has 2 aromatic rings. The average Bonchev–Trinajstić information content (AvgIpc) is 3.15. The summed E-state index contributed by atoms with van der Waals surface area (Å²) in [6.45, 7) is 8.79. The van der Waals surface area contributed by atoms with E-state index in [-0.39, 0.29) is 48.5 Å². The van der Waals surface area contributed by atoms with Crippen molar-refractivity contribution in [2.75, 3.05) is 31.5 Å². The lowest BCUT2D eigenvalue weighted by atomic mass is 10.0. The Morgan fingerprint density at radius 1 is 1.00 bits per heavy atom. The number of fused-ring (bicyclic) bond motifs is 1. The van der Waals surface area contributed by atoms with E-state index < -0.39 is 29.7 Å². The van der Waals surface area contributed by atoms with Crippen molar-refractivity contribution in [2.24, 2.45) is 0 Å². The lowest BCUT2D eigenvalue weighted by Gasteiger charge is -2.49. The summed E-state index contributed by atoms with van der Waals surface area (Å²) < 4.78 is 20.9. The summed E-state index contributed by atoms with van der Waals surface area (Å²) in [5.74, 6) is -2.61. The number of hydrogen-bond acceptors (Lipinski definition) is 8. The molecule has 11 heteroatoms. The molecule has 3 saturated heterocycles. The molecule has 0 aliphatic carbocycles. The predicted octanol–water partition coefficient (Wildman–Crippen LogP) is 2.13. The Labute approximate surface area is 237 Å². The summed E-state index contributed by atoms with van der Waals surface area (Å²) in [5.41, 5.74) is 2.04. The molecule has 0 bridgehead atoms. The fourth-order valence-electron chi connectivity index (χ4n) is 6.36. The number of carbonyl (C=O) groups excluding carboxylic acids is 4. The van der Waals surface area contributed by atoms with Crippen LogP contribution in [-0.4, -0.2) is 88.8 Å². The third-order valence-corrected chi connectivity index (χ3v) is 8.36. The van der Waals surface area contributed by atoms with Gasteiger partial charge in [-0.25, -0.2) is 4.39 Å². The largest absolute Gasteiger partial charge is 0.380 e. The Morgan fingerprint density at radius 3 is 2.46 bits per heavy atom. The second-order valence-electron chi connectivity index (χ2n) is 11.5. The highest BCUT2D eigenvalue weighted by molar-refractivity contribution is 6.25. The zero-order chi connectivity index (χ0) is 28.8. The number of anilines is 1. The number of piperidine rings is 1. The minimum Gasteiger partial charge on any atom is -0.380 e. The number of amides is 4. The zero-order valence-corrected chi connectivity index (χ0v) is 23.2. The molecule has 216 valence electrons. The number of likely N-dealkylation sites (tertiary alicyclic amines) is 1. The van der Waals surface area contributed by atoms with Gasteiger partial charge >= 0.3 is 0 Å². The van der Waals surface area contributed by atoms with Crippen molar-refractivity contribution in [3.05, 3.63) is 64.5 Å². The van der Waals surface area contributed by atoms with Crippen LogP contribution >= 0.6 is 0 Å². The van der Waals surface area contributed by atoms with E-state index in [9.17, 15) is 19.2 Å². The maximum absolute atomic E-state index is 15.1. The highest BCUT2D eigenvalue weighted by Gasteiger charge is 2.45. The smallest absolute Gasteiger partial charge is 0.264 e. The number of benzene rings is 2. The van der Waals surface area contributed by atoms with Gasteiger partial charge in [-0.15, -0.1) is 0 Å². The van der Waals surface area contributed by atoms with Gasteiger partial charge in [0.2, 0.25) is 11.8 Å². The van der Waals surface area contributed by atoms with Crippen LogP contribution in [0.25, 0.3) is 0 Å². The Bertz CT molecular complexity index is 1400. The highest BCUT2D eigenvalue weighted by Crippen LogP contribution is 2.33. The van der Waals surface area contributed by atoms with Crippen LogP contribution in [0.3, 0.4) is 0 Å². The number of morpholine rings is 1. The first kappa shape index (κ1) is 27.5. The number of hydrogen-bond donors (Lipinski definition) is 2. The lowest BCUT2D eigenvalue weighted by Crippen LogP contribution is -2.62. The van der Waals surface area contributed by atoms with Crippen molar-refractivity contribution in [3.63, 3.8) is 0 Å². The van der Waals surface area contributed by atoms with E-state index in [1.807, 2.05) is 6.07 Å². The molecule has 0 aromatic heterocycles. The molecule has 2 aromatic carbocycles. The molecule has 0 saturated carbocycles. The molecule has 4 aliphatic rings. The number of imide groups is 2. The minimum atomic E-state index is -1.04. The molecule has 4 amide bonds. The maximum atomic E-state index is 15.1. The molecule has 2 N–H and O–H groups in total. The highest BCUT2D eigenvalue weighted by atomic mass is 19.1. The van der Waals surface area contributed by atoms with E-state index in [4.69, 9.17) is 4.74 Å². The number of carbonyl (C=O) groups is 4. The van der Waals surface area contributed by atoms with Crippen molar-refractivity contribution < 1.29 is 28.3 Å². The monoisotopic (exact) mass is 563 g/mol. The van der Waals surface area contributed by atoms with E-state index in [1.54, 1.807) is 24.3 Å². The van der Waals surface area contributed by atoms with Gasteiger partial charge in [0.1, 0.15) is 11.9 Å². The molecule has 10 nitrogen and oxygen atoms in total. The Hall–Kier alpha value is -3.67. The SMILES string of the molecule is C[C@@H]1CN(C2CN(Cc3ccc(CNc4cccc5c4C(=O)N(C4CCC(=O)NC4=O)C5=O)c(F)c3)C2)C[C@H](C)O1. The normalized spacial score (nSPS) is 25.7. The summed E-state index contributed by atoms with van der Waals surface area (Å²) in [7, 11) is 0. The van der Waals surface area contributed by atoms with E-state index in [0.29, 0.717) is 23.8 Å². The third-order valence-electron chi connectivity index (χ3n) is 8.36. The Balaban J connectivity index is 1.07. The van der Waals surface area contributed by atoms with E-state index in [2.05, 4.69) is 34.3 Å². The summed E-state index contributed by atoms with van der Waals surface area (Å²) >= 11 is 0. The van der Waals surface area contributed by atoms with Crippen LogP contribution in [-0.2, 0) is 27.4 Å². The average molecular weight is 564 g/mol. The van der Waals surface area contributed by atoms with Crippen LogP contribution in [0.4, 0.5) is 10.1 Å². The van der Waals surface area contributed by atoms with E-state index in [1.165, 1.54) is 6.07 Å². The second kappa shape index (κ2) is 11.0. The van der Waals surface area contributed by atoms with Crippen molar-refractivity contribution in [1.29, 1.82) is 0 Å². The molecule has 0 spiro atoms. The fraction of sp³-hybridized carbons (Fsp3) is 0.467. The van der Waals surface area contributed by atoms with Crippen LogP contribution < -0.4 is 10.6 Å². The summed E-state index contributed by atoms with van der Waals surface area (Å²) in [4.78, 5) is 55.9. The van der Waals surface area contributed by atoms with Crippen LogP contribution in [0.1, 0.15) is 58.5 Å². The molecular weight excluding hydrogens is 529 g/mol. The van der Waals surface area contributed by atoms with Crippen molar-refractivity contribution in [2.45, 2.75) is 64.1 Å². The molecule has 0 radical (unpaired) electrons. The Morgan fingerprint density at radius 2 is 1.76 bits per heavy atom. The molecule has 41 heavy (non-hydrogen) atoms. The lowest BCUT2D eigenvalue weighted by molar-refractivity contribution is -0.136. The molecule has 1 unspecified atom stereocenters. The van der Waals surface area contributed by atoms with Crippen LogP contribution in [0.15, 0.2) is 36.4 Å². The molecular formula is C30H34FN5O5. The maximum Gasteiger partial charge on any atom is 0.264 e. The van der Waals surface area contributed by atoms with Crippen molar-refractivity contribution in [1.82, 2.24) is 20.0 Å². The van der Waals surface area contributed by atoms with Gasteiger partial charge in [-0.05, 0) is 44.0 Å². The summed E-state index contributed by atoms with van der Waals surface area (Å²) in [6.07, 6.45) is 0.612.